The van der Waals surface area contributed by atoms with Crippen molar-refractivity contribution < 1.29 is 19.4 Å². The molecule has 4 nitrogen and oxygen atoms in total. The molecule has 16 heavy (non-hydrogen) atoms. The van der Waals surface area contributed by atoms with Crippen molar-refractivity contribution in [2.75, 3.05) is 6.61 Å². The zero-order chi connectivity index (χ0) is 12.0. The zero-order valence-electron chi connectivity index (χ0n) is 8.84. The van der Waals surface area contributed by atoms with Crippen molar-refractivity contribution in [1.29, 1.82) is 0 Å². The van der Waals surface area contributed by atoms with Crippen molar-refractivity contribution in [2.24, 2.45) is 0 Å². The molecule has 84 valence electrons. The van der Waals surface area contributed by atoms with E-state index in [1.54, 1.807) is 24.3 Å². The zero-order valence-corrected chi connectivity index (χ0v) is 8.84. The second-order valence-corrected chi connectivity index (χ2v) is 3.15. The number of carboxylic acids is 1. The highest BCUT2D eigenvalue weighted by atomic mass is 16.5. The topological polar surface area (TPSA) is 63.6 Å². The van der Waals surface area contributed by atoms with Gasteiger partial charge in [0.1, 0.15) is 6.61 Å². The summed E-state index contributed by atoms with van der Waals surface area (Å²) in [4.78, 5) is 21.3. The Hall–Kier alpha value is -2.10. The molecule has 0 spiro atoms. The van der Waals surface area contributed by atoms with Crippen molar-refractivity contribution in [3.8, 4) is 0 Å². The van der Waals surface area contributed by atoms with Gasteiger partial charge in [-0.2, -0.15) is 0 Å². The quantitative estimate of drug-likeness (QED) is 0.619. The van der Waals surface area contributed by atoms with Crippen LogP contribution in [0.2, 0.25) is 0 Å². The van der Waals surface area contributed by atoms with Crippen molar-refractivity contribution in [3.63, 3.8) is 0 Å². The Labute approximate surface area is 93.2 Å². The minimum atomic E-state index is -1.06. The largest absolute Gasteiger partial charge is 0.478 e. The summed E-state index contributed by atoms with van der Waals surface area (Å²) in [5, 5.41) is 8.69. The van der Waals surface area contributed by atoms with E-state index in [-0.39, 0.29) is 6.61 Å². The molecule has 0 amide bonds. The van der Waals surface area contributed by atoms with Gasteiger partial charge in [-0.25, -0.2) is 4.79 Å². The summed E-state index contributed by atoms with van der Waals surface area (Å²) in [6.07, 6.45) is 1.04. The van der Waals surface area contributed by atoms with E-state index in [2.05, 4.69) is 0 Å². The van der Waals surface area contributed by atoms with E-state index in [0.29, 0.717) is 5.57 Å². The lowest BCUT2D eigenvalue weighted by Crippen LogP contribution is -2.04. The molecule has 0 atom stereocenters. The van der Waals surface area contributed by atoms with Crippen LogP contribution in [0.4, 0.5) is 0 Å². The van der Waals surface area contributed by atoms with Gasteiger partial charge in [0, 0.05) is 18.6 Å². The Kier molecular flexibility index (Phi) is 4.27. The van der Waals surface area contributed by atoms with Gasteiger partial charge >= 0.3 is 11.9 Å². The first-order valence-electron chi connectivity index (χ1n) is 4.72. The van der Waals surface area contributed by atoms with Crippen LogP contribution in [-0.4, -0.2) is 23.7 Å². The molecule has 0 unspecified atom stereocenters. The van der Waals surface area contributed by atoms with Gasteiger partial charge in [0.15, 0.2) is 0 Å². The fourth-order valence-electron chi connectivity index (χ4n) is 1.19. The van der Waals surface area contributed by atoms with Gasteiger partial charge in [0.05, 0.1) is 0 Å². The normalized spacial score (nSPS) is 10.9. The average molecular weight is 220 g/mol. The predicted octanol–water partition coefficient (Wildman–Crippen LogP) is 1.72. The summed E-state index contributed by atoms with van der Waals surface area (Å²) < 4.78 is 4.79. The van der Waals surface area contributed by atoms with Crippen LogP contribution in [0, 0.1) is 0 Å². The van der Waals surface area contributed by atoms with Gasteiger partial charge in [0.25, 0.3) is 0 Å². The van der Waals surface area contributed by atoms with E-state index in [9.17, 15) is 9.59 Å². The second-order valence-electron chi connectivity index (χ2n) is 3.15. The van der Waals surface area contributed by atoms with Crippen molar-refractivity contribution in [1.82, 2.24) is 0 Å². The van der Waals surface area contributed by atoms with Crippen LogP contribution in [0.25, 0.3) is 5.57 Å². The Morgan fingerprint density at radius 3 is 2.44 bits per heavy atom. The van der Waals surface area contributed by atoms with E-state index < -0.39 is 11.9 Å². The molecule has 0 saturated carbocycles. The number of benzene rings is 1. The van der Waals surface area contributed by atoms with Gasteiger partial charge in [0.2, 0.25) is 0 Å². The Morgan fingerprint density at radius 1 is 1.31 bits per heavy atom. The van der Waals surface area contributed by atoms with Gasteiger partial charge in [-0.15, -0.1) is 0 Å². The highest BCUT2D eigenvalue weighted by Crippen LogP contribution is 2.14. The molecule has 4 heteroatoms. The first-order valence-corrected chi connectivity index (χ1v) is 4.72. The smallest absolute Gasteiger partial charge is 0.328 e. The monoisotopic (exact) mass is 220 g/mol. The Morgan fingerprint density at radius 2 is 1.94 bits per heavy atom. The predicted molar refractivity (Wildman–Crippen MR) is 58.7 cm³/mol. The summed E-state index contributed by atoms with van der Waals surface area (Å²) in [7, 11) is 0. The van der Waals surface area contributed by atoms with Crippen LogP contribution < -0.4 is 0 Å². The molecule has 0 saturated heterocycles. The first kappa shape index (κ1) is 12.0. The molecule has 1 rings (SSSR count). The summed E-state index contributed by atoms with van der Waals surface area (Å²) >= 11 is 0. The molecule has 0 aliphatic rings. The molecule has 0 aliphatic heterocycles. The maximum absolute atomic E-state index is 10.7. The third-order valence-corrected chi connectivity index (χ3v) is 1.87. The molecule has 0 heterocycles. The third-order valence-electron chi connectivity index (χ3n) is 1.87. The molecule has 1 N–H and O–H groups in total. The fourth-order valence-corrected chi connectivity index (χ4v) is 1.19. The number of carboxylic acid groups (broad SMARTS) is 1. The summed E-state index contributed by atoms with van der Waals surface area (Å²) in [6.45, 7) is 1.25. The molecular weight excluding hydrogens is 208 g/mol. The summed E-state index contributed by atoms with van der Waals surface area (Å²) in [5.41, 5.74) is 1.19. The Balaban J connectivity index is 2.88. The minimum Gasteiger partial charge on any atom is -0.478 e. The lowest BCUT2D eigenvalue weighted by molar-refractivity contribution is -0.139. The van der Waals surface area contributed by atoms with Crippen molar-refractivity contribution in [3.05, 3.63) is 42.0 Å². The maximum atomic E-state index is 10.7. The van der Waals surface area contributed by atoms with Crippen LogP contribution in [0.15, 0.2) is 36.4 Å². The lowest BCUT2D eigenvalue weighted by Gasteiger charge is -2.06. The molecular formula is C12H12O4. The second kappa shape index (κ2) is 5.70. The van der Waals surface area contributed by atoms with Gasteiger partial charge in [-0.05, 0) is 5.56 Å². The number of esters is 1. The number of aliphatic carboxylic acids is 1. The summed E-state index contributed by atoms with van der Waals surface area (Å²) in [5.74, 6) is -1.50. The molecule has 0 bridgehead atoms. The Bertz CT molecular complexity index is 406. The standard InChI is InChI=1S/C12H12O4/c1-9(13)16-8-11(7-12(14)15)10-5-3-2-4-6-10/h2-7H,8H2,1H3,(H,14,15)/b11-7-. The number of carbonyl (C=O) groups is 2. The van der Waals surface area contributed by atoms with Gasteiger partial charge in [-0.1, -0.05) is 30.3 Å². The van der Waals surface area contributed by atoms with E-state index in [1.165, 1.54) is 6.92 Å². The first-order chi connectivity index (χ1) is 7.59. The molecule has 1 aromatic rings. The lowest BCUT2D eigenvalue weighted by atomic mass is 10.1. The average Bonchev–Trinajstić information content (AvgIpc) is 2.25. The van der Waals surface area contributed by atoms with Gasteiger partial charge < -0.3 is 9.84 Å². The van der Waals surface area contributed by atoms with Crippen molar-refractivity contribution >= 4 is 17.5 Å². The SMILES string of the molecule is CC(=O)OC/C(=C/C(=O)O)c1ccccc1. The highest BCUT2D eigenvalue weighted by Gasteiger charge is 2.05. The maximum Gasteiger partial charge on any atom is 0.328 e. The minimum absolute atomic E-state index is 0.0361. The van der Waals surface area contributed by atoms with E-state index >= 15 is 0 Å². The van der Waals surface area contributed by atoms with Crippen LogP contribution >= 0.6 is 0 Å². The molecule has 0 radical (unpaired) electrons. The van der Waals surface area contributed by atoms with Crippen LogP contribution in [0.3, 0.4) is 0 Å². The number of rotatable bonds is 4. The highest BCUT2D eigenvalue weighted by molar-refractivity contribution is 5.90. The van der Waals surface area contributed by atoms with Crippen molar-refractivity contribution in [2.45, 2.75) is 6.92 Å². The van der Waals surface area contributed by atoms with Crippen LogP contribution in [-0.2, 0) is 14.3 Å². The van der Waals surface area contributed by atoms with E-state index in [0.717, 1.165) is 11.6 Å². The number of hydrogen-bond acceptors (Lipinski definition) is 3. The summed E-state index contributed by atoms with van der Waals surface area (Å²) in [6, 6.07) is 8.93. The van der Waals surface area contributed by atoms with E-state index in [1.807, 2.05) is 6.07 Å². The molecule has 0 aromatic heterocycles. The molecule has 0 aliphatic carbocycles. The van der Waals surface area contributed by atoms with Gasteiger partial charge in [-0.3, -0.25) is 4.79 Å². The number of ether oxygens (including phenoxy) is 1. The number of carbonyl (C=O) groups excluding carboxylic acids is 1. The molecule has 1 aromatic carbocycles. The van der Waals surface area contributed by atoms with Crippen LogP contribution in [0.5, 0.6) is 0 Å². The fraction of sp³-hybridized carbons (Fsp3) is 0.167. The van der Waals surface area contributed by atoms with E-state index in [4.69, 9.17) is 9.84 Å². The molecule has 0 fully saturated rings. The number of hydrogen-bond donors (Lipinski definition) is 1. The van der Waals surface area contributed by atoms with Crippen LogP contribution in [0.1, 0.15) is 12.5 Å². The third kappa shape index (κ3) is 3.96.